The number of guanidine groups is 1. The highest BCUT2D eigenvalue weighted by molar-refractivity contribution is 14.0. The molecule has 0 radical (unpaired) electrons. The Bertz CT molecular complexity index is 899. The van der Waals surface area contributed by atoms with E-state index in [9.17, 15) is 0 Å². The van der Waals surface area contributed by atoms with Crippen LogP contribution < -0.4 is 15.4 Å². The second kappa shape index (κ2) is 13.2. The van der Waals surface area contributed by atoms with Gasteiger partial charge in [-0.15, -0.1) is 35.3 Å². The molecule has 0 spiro atoms. The number of ether oxygens (including phenoxy) is 2. The van der Waals surface area contributed by atoms with Gasteiger partial charge in [0.1, 0.15) is 17.7 Å². The highest BCUT2D eigenvalue weighted by Gasteiger charge is 2.08. The second-order valence-electron chi connectivity index (χ2n) is 6.16. The van der Waals surface area contributed by atoms with Crippen molar-refractivity contribution in [3.63, 3.8) is 0 Å². The Balaban J connectivity index is 0.00000320. The lowest BCUT2D eigenvalue weighted by atomic mass is 10.3. The van der Waals surface area contributed by atoms with Crippen molar-refractivity contribution in [3.8, 4) is 16.5 Å². The van der Waals surface area contributed by atoms with E-state index in [0.29, 0.717) is 31.6 Å². The van der Waals surface area contributed by atoms with E-state index in [4.69, 9.17) is 13.9 Å². The van der Waals surface area contributed by atoms with E-state index in [1.807, 2.05) is 48.7 Å². The summed E-state index contributed by atoms with van der Waals surface area (Å²) in [6.45, 7) is 4.49. The van der Waals surface area contributed by atoms with Crippen molar-refractivity contribution in [1.29, 1.82) is 0 Å². The Morgan fingerprint density at radius 2 is 2.13 bits per heavy atom. The van der Waals surface area contributed by atoms with Crippen LogP contribution in [0.4, 0.5) is 5.69 Å². The Morgan fingerprint density at radius 1 is 1.23 bits per heavy atom. The molecule has 0 fully saturated rings. The Labute approximate surface area is 197 Å². The fourth-order valence-electron chi connectivity index (χ4n) is 2.55. The minimum Gasteiger partial charge on any atom is -0.493 e. The van der Waals surface area contributed by atoms with Crippen LogP contribution in [0.25, 0.3) is 10.8 Å². The molecule has 2 N–H and O–H groups in total. The average Bonchev–Trinajstić information content (AvgIpc) is 3.42. The van der Waals surface area contributed by atoms with Gasteiger partial charge in [-0.2, -0.15) is 0 Å². The van der Waals surface area contributed by atoms with Crippen molar-refractivity contribution in [2.75, 3.05) is 32.2 Å². The number of nitrogens with zero attached hydrogens (tertiary/aromatic N) is 2. The molecule has 0 unspecified atom stereocenters. The maximum atomic E-state index is 5.76. The van der Waals surface area contributed by atoms with E-state index in [0.717, 1.165) is 35.0 Å². The first kappa shape index (κ1) is 24.2. The summed E-state index contributed by atoms with van der Waals surface area (Å²) in [5, 5.41) is 8.54. The molecule has 0 atom stereocenters. The zero-order valence-electron chi connectivity index (χ0n) is 17.1. The normalized spacial score (nSPS) is 11.1. The van der Waals surface area contributed by atoms with Gasteiger partial charge < -0.3 is 24.5 Å². The fraction of sp³-hybridized carbons (Fsp3) is 0.333. The molecule has 0 bridgehead atoms. The van der Waals surface area contributed by atoms with Crippen molar-refractivity contribution in [2.24, 2.45) is 4.99 Å². The Morgan fingerprint density at radius 3 is 2.90 bits per heavy atom. The van der Waals surface area contributed by atoms with Gasteiger partial charge in [0, 0.05) is 38.4 Å². The predicted octanol–water partition coefficient (Wildman–Crippen LogP) is 5.01. The SMILES string of the molecule is CCNC(=NCc1coc(-c2cccs2)n1)Nc1cccc(OCCCOC)c1.I. The van der Waals surface area contributed by atoms with Gasteiger partial charge in [0.2, 0.25) is 5.89 Å². The van der Waals surface area contributed by atoms with Crippen LogP contribution >= 0.6 is 35.3 Å². The molecule has 7 nitrogen and oxygen atoms in total. The number of methoxy groups -OCH3 is 1. The topological polar surface area (TPSA) is 80.9 Å². The molecule has 0 aliphatic carbocycles. The summed E-state index contributed by atoms with van der Waals surface area (Å²) in [5.41, 5.74) is 1.68. The molecule has 0 saturated carbocycles. The smallest absolute Gasteiger partial charge is 0.236 e. The van der Waals surface area contributed by atoms with E-state index < -0.39 is 0 Å². The van der Waals surface area contributed by atoms with Crippen LogP contribution in [0.5, 0.6) is 5.75 Å². The number of benzene rings is 1. The molecule has 0 saturated heterocycles. The van der Waals surface area contributed by atoms with Gasteiger partial charge >= 0.3 is 0 Å². The van der Waals surface area contributed by atoms with E-state index >= 15 is 0 Å². The Kier molecular flexibility index (Phi) is 10.7. The van der Waals surface area contributed by atoms with Crippen molar-refractivity contribution in [1.82, 2.24) is 10.3 Å². The van der Waals surface area contributed by atoms with Gasteiger partial charge in [-0.1, -0.05) is 12.1 Å². The van der Waals surface area contributed by atoms with Crippen molar-refractivity contribution >= 4 is 47.0 Å². The number of aliphatic imine (C=N–C) groups is 1. The zero-order valence-corrected chi connectivity index (χ0v) is 20.2. The fourth-order valence-corrected chi connectivity index (χ4v) is 3.21. The van der Waals surface area contributed by atoms with Gasteiger partial charge in [0.15, 0.2) is 5.96 Å². The quantitative estimate of drug-likeness (QED) is 0.162. The van der Waals surface area contributed by atoms with Crippen LogP contribution in [0.3, 0.4) is 0 Å². The number of halogens is 1. The molecular formula is C21H27IN4O3S. The summed E-state index contributed by atoms with van der Waals surface area (Å²) in [6, 6.07) is 11.8. The third kappa shape index (κ3) is 7.62. The number of hydrogen-bond donors (Lipinski definition) is 2. The molecule has 3 aromatic rings. The van der Waals surface area contributed by atoms with Crippen LogP contribution in [-0.2, 0) is 11.3 Å². The number of nitrogens with one attached hydrogen (secondary N) is 2. The van der Waals surface area contributed by atoms with Gasteiger partial charge in [-0.05, 0) is 30.5 Å². The summed E-state index contributed by atoms with van der Waals surface area (Å²) in [4.78, 5) is 10.1. The standard InChI is InChI=1S/C21H26N4O3S.HI/c1-3-22-21(23-14-17-15-28-20(24-17)19-9-5-12-29-19)25-16-7-4-8-18(13-16)27-11-6-10-26-2;/h4-5,7-9,12-13,15H,3,6,10-11,14H2,1-2H3,(H2,22,23,25);1H. The summed E-state index contributed by atoms with van der Waals surface area (Å²) < 4.78 is 16.4. The van der Waals surface area contributed by atoms with Crippen molar-refractivity contribution in [2.45, 2.75) is 19.9 Å². The lowest BCUT2D eigenvalue weighted by Gasteiger charge is -2.12. The molecular weight excluding hydrogens is 515 g/mol. The monoisotopic (exact) mass is 542 g/mol. The summed E-state index contributed by atoms with van der Waals surface area (Å²) in [7, 11) is 1.69. The molecule has 0 aliphatic rings. The van der Waals surface area contributed by atoms with Gasteiger partial charge in [-0.25, -0.2) is 9.98 Å². The minimum absolute atomic E-state index is 0. The number of hydrogen-bond acceptors (Lipinski definition) is 6. The van der Waals surface area contributed by atoms with Crippen LogP contribution in [0.1, 0.15) is 19.0 Å². The first-order valence-corrected chi connectivity index (χ1v) is 10.4. The van der Waals surface area contributed by atoms with Crippen LogP contribution in [-0.4, -0.2) is 37.8 Å². The third-order valence-electron chi connectivity index (χ3n) is 3.89. The number of oxazole rings is 1. The average molecular weight is 542 g/mol. The lowest BCUT2D eigenvalue weighted by Crippen LogP contribution is -2.30. The minimum atomic E-state index is 0. The van der Waals surface area contributed by atoms with Gasteiger partial charge in [0.05, 0.1) is 18.0 Å². The Hall–Kier alpha value is -2.11. The summed E-state index contributed by atoms with van der Waals surface area (Å²) in [6.07, 6.45) is 2.50. The molecule has 9 heteroatoms. The molecule has 3 rings (SSSR count). The van der Waals surface area contributed by atoms with Crippen LogP contribution in [0.2, 0.25) is 0 Å². The van der Waals surface area contributed by atoms with E-state index in [-0.39, 0.29) is 24.0 Å². The van der Waals surface area contributed by atoms with Crippen molar-refractivity contribution < 1.29 is 13.9 Å². The molecule has 162 valence electrons. The number of aromatic nitrogens is 1. The largest absolute Gasteiger partial charge is 0.493 e. The second-order valence-corrected chi connectivity index (χ2v) is 7.11. The molecule has 1 aromatic carbocycles. The first-order valence-electron chi connectivity index (χ1n) is 9.54. The zero-order chi connectivity index (χ0) is 20.3. The lowest BCUT2D eigenvalue weighted by molar-refractivity contribution is 0.172. The molecule has 2 aromatic heterocycles. The summed E-state index contributed by atoms with van der Waals surface area (Å²) in [5.74, 6) is 2.10. The number of thiophene rings is 1. The molecule has 0 amide bonds. The number of anilines is 1. The first-order chi connectivity index (χ1) is 14.3. The van der Waals surface area contributed by atoms with Gasteiger partial charge in [0.25, 0.3) is 0 Å². The van der Waals surface area contributed by atoms with Crippen LogP contribution in [0.15, 0.2) is 57.5 Å². The maximum Gasteiger partial charge on any atom is 0.236 e. The molecule has 0 aliphatic heterocycles. The maximum absolute atomic E-state index is 5.76. The highest BCUT2D eigenvalue weighted by Crippen LogP contribution is 2.24. The van der Waals surface area contributed by atoms with E-state index in [1.165, 1.54) is 0 Å². The third-order valence-corrected chi connectivity index (χ3v) is 4.74. The highest BCUT2D eigenvalue weighted by atomic mass is 127. The van der Waals surface area contributed by atoms with Crippen LogP contribution in [0, 0.1) is 0 Å². The predicted molar refractivity (Wildman–Crippen MR) is 132 cm³/mol. The van der Waals surface area contributed by atoms with E-state index in [1.54, 1.807) is 24.7 Å². The number of rotatable bonds is 10. The summed E-state index contributed by atoms with van der Waals surface area (Å²) >= 11 is 1.60. The van der Waals surface area contributed by atoms with E-state index in [2.05, 4.69) is 20.6 Å². The molecule has 30 heavy (non-hydrogen) atoms. The van der Waals surface area contributed by atoms with Gasteiger partial charge in [-0.3, -0.25) is 0 Å². The molecule has 2 heterocycles. The van der Waals surface area contributed by atoms with Crippen molar-refractivity contribution in [3.05, 3.63) is 53.7 Å².